The van der Waals surface area contributed by atoms with E-state index < -0.39 is 0 Å². The van der Waals surface area contributed by atoms with Gasteiger partial charge in [-0.05, 0) is 44.4 Å². The van der Waals surface area contributed by atoms with Gasteiger partial charge in [-0.25, -0.2) is 0 Å². The third kappa shape index (κ3) is 5.01. The lowest BCUT2D eigenvalue weighted by molar-refractivity contribution is 0.232. The number of piperidine rings is 1. The minimum Gasteiger partial charge on any atom is -0.497 e. The quantitative estimate of drug-likeness (QED) is 0.729. The van der Waals surface area contributed by atoms with Crippen LogP contribution in [0, 0.1) is 23.8 Å². The number of hydrogen-bond donors (Lipinski definition) is 2. The summed E-state index contributed by atoms with van der Waals surface area (Å²) in [6.07, 6.45) is 6.14. The molecule has 0 spiro atoms. The zero-order chi connectivity index (χ0) is 22.3. The van der Waals surface area contributed by atoms with E-state index in [1.807, 2.05) is 42.4 Å². The highest BCUT2D eigenvalue weighted by molar-refractivity contribution is 6.06. The van der Waals surface area contributed by atoms with Crippen LogP contribution in [0.25, 0.3) is 0 Å². The van der Waals surface area contributed by atoms with Crippen LogP contribution < -0.4 is 14.8 Å². The molecule has 0 saturated carbocycles. The second kappa shape index (κ2) is 10.2. The van der Waals surface area contributed by atoms with Crippen molar-refractivity contribution in [2.75, 3.05) is 45.8 Å². The van der Waals surface area contributed by atoms with E-state index in [-0.39, 0.29) is 6.04 Å². The number of hydrogen-bond acceptors (Lipinski definition) is 5. The highest BCUT2D eigenvalue weighted by Gasteiger charge is 2.25. The summed E-state index contributed by atoms with van der Waals surface area (Å²) in [5.41, 5.74) is 2.91. The fraction of sp³-hybridized carbons (Fsp3) is 0.400. The van der Waals surface area contributed by atoms with E-state index in [4.69, 9.17) is 14.5 Å². The zero-order valence-corrected chi connectivity index (χ0v) is 18.9. The van der Waals surface area contributed by atoms with Gasteiger partial charge in [0, 0.05) is 36.6 Å². The average Bonchev–Trinajstić information content (AvgIpc) is 3.31. The lowest BCUT2D eigenvalue weighted by atomic mass is 10.1. The third-order valence-electron chi connectivity index (χ3n) is 5.62. The molecule has 4 rings (SSSR count). The van der Waals surface area contributed by atoms with Crippen molar-refractivity contribution in [2.45, 2.75) is 25.8 Å². The van der Waals surface area contributed by atoms with Crippen molar-refractivity contribution in [3.8, 4) is 35.3 Å². The molecule has 2 N–H and O–H groups in total. The first kappa shape index (κ1) is 21.7. The van der Waals surface area contributed by atoms with Crippen molar-refractivity contribution in [1.82, 2.24) is 14.8 Å². The summed E-state index contributed by atoms with van der Waals surface area (Å²) in [6, 6.07) is 9.15. The Balaban J connectivity index is 1.62. The third-order valence-corrected chi connectivity index (χ3v) is 5.62. The fourth-order valence-electron chi connectivity index (χ4n) is 3.97. The number of aromatic nitrogens is 1. The number of methoxy groups -OCH3 is 2. The van der Waals surface area contributed by atoms with Crippen LogP contribution in [-0.4, -0.2) is 67.2 Å². The van der Waals surface area contributed by atoms with Crippen LogP contribution in [0.15, 0.2) is 35.6 Å². The van der Waals surface area contributed by atoms with Gasteiger partial charge in [-0.15, -0.1) is 5.92 Å². The summed E-state index contributed by atoms with van der Waals surface area (Å²) < 4.78 is 10.7. The van der Waals surface area contributed by atoms with E-state index in [9.17, 15) is 0 Å². The Morgan fingerprint density at radius 1 is 1.16 bits per heavy atom. The topological polar surface area (TPSA) is 65.1 Å². The summed E-state index contributed by atoms with van der Waals surface area (Å²) >= 11 is 0. The molecule has 1 fully saturated rings. The molecule has 1 saturated heterocycles. The van der Waals surface area contributed by atoms with Crippen LogP contribution in [0.2, 0.25) is 0 Å². The number of aliphatic imine (C=N–C) groups is 1. The van der Waals surface area contributed by atoms with Crippen molar-refractivity contribution in [3.05, 3.63) is 41.7 Å². The number of benzene rings is 1. The zero-order valence-electron chi connectivity index (χ0n) is 18.9. The lowest BCUT2D eigenvalue weighted by Gasteiger charge is -2.32. The van der Waals surface area contributed by atoms with Crippen molar-refractivity contribution in [2.24, 2.45) is 4.99 Å². The number of aromatic amines is 1. The highest BCUT2D eigenvalue weighted by Crippen LogP contribution is 2.25. The van der Waals surface area contributed by atoms with E-state index in [0.29, 0.717) is 18.2 Å². The Hall–Kier alpha value is -3.55. The highest BCUT2D eigenvalue weighted by atomic mass is 16.5. The molecule has 0 amide bonds. The first-order chi connectivity index (χ1) is 15.7. The van der Waals surface area contributed by atoms with Crippen molar-refractivity contribution in [3.63, 3.8) is 0 Å². The standard InChI is InChI=1S/C25H29N5O2/c1-4-5-9-29-10-6-7-20(17-29)28-25-23-15-26-16-24(23)27-18-30(25)11-8-19-12-21(31-2)14-22(13-19)32-3/h12-16,20,26-27H,6-7,9-10,17-18H2,1-3H3. The first-order valence-electron chi connectivity index (χ1n) is 10.8. The van der Waals surface area contributed by atoms with E-state index in [1.165, 1.54) is 0 Å². The number of anilines is 1. The molecule has 7 heteroatoms. The van der Waals surface area contributed by atoms with Gasteiger partial charge >= 0.3 is 0 Å². The summed E-state index contributed by atoms with van der Waals surface area (Å²) in [5.74, 6) is 11.7. The molecule has 1 atom stereocenters. The summed E-state index contributed by atoms with van der Waals surface area (Å²) in [7, 11) is 3.27. The van der Waals surface area contributed by atoms with Crippen LogP contribution in [0.1, 0.15) is 30.9 Å². The van der Waals surface area contributed by atoms with Crippen molar-refractivity contribution < 1.29 is 9.47 Å². The fourth-order valence-corrected chi connectivity index (χ4v) is 3.97. The molecule has 32 heavy (non-hydrogen) atoms. The predicted molar refractivity (Wildman–Crippen MR) is 127 cm³/mol. The summed E-state index contributed by atoms with van der Waals surface area (Å²) in [6.45, 7) is 5.25. The van der Waals surface area contributed by atoms with Gasteiger partial charge in [-0.3, -0.25) is 14.8 Å². The Kier molecular flexibility index (Phi) is 6.89. The Morgan fingerprint density at radius 3 is 2.72 bits per heavy atom. The number of rotatable bonds is 4. The minimum atomic E-state index is 0.222. The van der Waals surface area contributed by atoms with Gasteiger partial charge in [0.15, 0.2) is 0 Å². The molecule has 2 aliphatic rings. The molecule has 1 aromatic heterocycles. The normalized spacial score (nSPS) is 19.2. The van der Waals surface area contributed by atoms with Crippen molar-refractivity contribution in [1.29, 1.82) is 0 Å². The molecule has 1 unspecified atom stereocenters. The predicted octanol–water partition coefficient (Wildman–Crippen LogP) is 2.96. The van der Waals surface area contributed by atoms with Crippen LogP contribution in [-0.2, 0) is 0 Å². The van der Waals surface area contributed by atoms with Gasteiger partial charge in [-0.2, -0.15) is 0 Å². The number of ether oxygens (including phenoxy) is 2. The van der Waals surface area contributed by atoms with Gasteiger partial charge in [0.2, 0.25) is 0 Å². The number of H-pyrrole nitrogens is 1. The van der Waals surface area contributed by atoms with Crippen LogP contribution in [0.5, 0.6) is 11.5 Å². The smallest absolute Gasteiger partial charge is 0.148 e. The number of nitrogens with one attached hydrogen (secondary N) is 2. The number of amidine groups is 1. The lowest BCUT2D eigenvalue weighted by Crippen LogP contribution is -2.41. The first-order valence-corrected chi connectivity index (χ1v) is 10.8. The molecule has 0 aliphatic carbocycles. The van der Waals surface area contributed by atoms with Gasteiger partial charge in [0.25, 0.3) is 0 Å². The SMILES string of the molecule is CC#CCN1CCCC(N=C2c3c[nH]cc3NCN2C#Cc2cc(OC)cc(OC)c2)C1. The molecular weight excluding hydrogens is 402 g/mol. The molecule has 2 aromatic rings. The maximum Gasteiger partial charge on any atom is 0.148 e. The Labute approximate surface area is 189 Å². The second-order valence-corrected chi connectivity index (χ2v) is 7.79. The number of nitrogens with zero attached hydrogens (tertiary/aromatic N) is 3. The van der Waals surface area contributed by atoms with Gasteiger partial charge in [0.1, 0.15) is 24.0 Å². The number of fused-ring (bicyclic) bond motifs is 1. The van der Waals surface area contributed by atoms with Crippen LogP contribution >= 0.6 is 0 Å². The minimum absolute atomic E-state index is 0.222. The van der Waals surface area contributed by atoms with E-state index in [2.05, 4.69) is 39.0 Å². The van der Waals surface area contributed by atoms with Crippen molar-refractivity contribution >= 4 is 11.5 Å². The molecule has 1 aromatic carbocycles. The maximum atomic E-state index is 5.37. The summed E-state index contributed by atoms with van der Waals surface area (Å²) in [4.78, 5) is 12.7. The van der Waals surface area contributed by atoms with Crippen LogP contribution in [0.3, 0.4) is 0 Å². The summed E-state index contributed by atoms with van der Waals surface area (Å²) in [5, 5.41) is 3.41. The van der Waals surface area contributed by atoms with Gasteiger partial charge < -0.3 is 19.8 Å². The van der Waals surface area contributed by atoms with Gasteiger partial charge in [-0.1, -0.05) is 5.92 Å². The molecule has 0 bridgehead atoms. The Bertz CT molecular complexity index is 1080. The Morgan fingerprint density at radius 2 is 1.97 bits per heavy atom. The molecule has 166 valence electrons. The van der Waals surface area contributed by atoms with E-state index in [0.717, 1.165) is 55.1 Å². The molecule has 7 nitrogen and oxygen atoms in total. The average molecular weight is 432 g/mol. The van der Waals surface area contributed by atoms with Crippen LogP contribution in [0.4, 0.5) is 5.69 Å². The largest absolute Gasteiger partial charge is 0.497 e. The molecular formula is C25H29N5O2. The van der Waals surface area contributed by atoms with E-state index in [1.54, 1.807) is 14.2 Å². The second-order valence-electron chi connectivity index (χ2n) is 7.79. The molecule has 0 radical (unpaired) electrons. The number of likely N-dealkylation sites (tertiary alicyclic amines) is 1. The monoisotopic (exact) mass is 431 g/mol. The van der Waals surface area contributed by atoms with Gasteiger partial charge in [0.05, 0.1) is 38.1 Å². The maximum absolute atomic E-state index is 5.37. The van der Waals surface area contributed by atoms with E-state index >= 15 is 0 Å². The molecule has 3 heterocycles. The molecule has 2 aliphatic heterocycles.